The number of unbranched alkanes of at least 4 members (excludes halogenated alkanes) is 1. The molecule has 0 spiro atoms. The van der Waals surface area contributed by atoms with Crippen LogP contribution >= 0.6 is 0 Å². The number of rotatable bonds is 4. The van der Waals surface area contributed by atoms with Gasteiger partial charge in [0.2, 0.25) is 0 Å². The van der Waals surface area contributed by atoms with Crippen LogP contribution in [0.25, 0.3) is 0 Å². The number of ether oxygens (including phenoxy) is 1. The van der Waals surface area contributed by atoms with E-state index in [-0.39, 0.29) is 18.9 Å². The maximum Gasteiger partial charge on any atom is 0.391 e. The SMILES string of the molecule is CCCCOC1CCC(C(F)(F)F)CC1. The van der Waals surface area contributed by atoms with Crippen LogP contribution in [-0.2, 0) is 4.74 Å². The maximum atomic E-state index is 12.3. The van der Waals surface area contributed by atoms with Gasteiger partial charge in [-0.15, -0.1) is 0 Å². The molecule has 1 fully saturated rings. The molecule has 1 saturated carbocycles. The van der Waals surface area contributed by atoms with Gasteiger partial charge in [0, 0.05) is 6.61 Å². The lowest BCUT2D eigenvalue weighted by Gasteiger charge is -2.29. The zero-order valence-electron chi connectivity index (χ0n) is 9.15. The number of alkyl halides is 3. The molecule has 0 saturated heterocycles. The normalized spacial score (nSPS) is 28.0. The molecule has 1 aliphatic carbocycles. The van der Waals surface area contributed by atoms with E-state index in [0.29, 0.717) is 19.4 Å². The van der Waals surface area contributed by atoms with Gasteiger partial charge in [0.1, 0.15) is 0 Å². The topological polar surface area (TPSA) is 9.23 Å². The van der Waals surface area contributed by atoms with Crippen molar-refractivity contribution in [2.45, 2.75) is 57.7 Å². The van der Waals surface area contributed by atoms with Crippen LogP contribution < -0.4 is 0 Å². The molecular formula is C11H19F3O. The molecule has 15 heavy (non-hydrogen) atoms. The summed E-state index contributed by atoms with van der Waals surface area (Å²) in [7, 11) is 0. The zero-order chi connectivity index (χ0) is 11.3. The van der Waals surface area contributed by atoms with Crippen molar-refractivity contribution in [1.29, 1.82) is 0 Å². The molecule has 0 unspecified atom stereocenters. The first-order valence-electron chi connectivity index (χ1n) is 5.72. The number of hydrogen-bond donors (Lipinski definition) is 0. The van der Waals surface area contributed by atoms with Crippen molar-refractivity contribution in [1.82, 2.24) is 0 Å². The molecule has 0 N–H and O–H groups in total. The highest BCUT2D eigenvalue weighted by atomic mass is 19.4. The largest absolute Gasteiger partial charge is 0.391 e. The Morgan fingerprint density at radius 2 is 1.73 bits per heavy atom. The van der Waals surface area contributed by atoms with Gasteiger partial charge in [-0.05, 0) is 32.1 Å². The van der Waals surface area contributed by atoms with Crippen molar-refractivity contribution in [3.05, 3.63) is 0 Å². The summed E-state index contributed by atoms with van der Waals surface area (Å²) < 4.78 is 42.5. The summed E-state index contributed by atoms with van der Waals surface area (Å²) in [6.45, 7) is 2.77. The van der Waals surface area contributed by atoms with Gasteiger partial charge in [-0.25, -0.2) is 0 Å². The van der Waals surface area contributed by atoms with Crippen LogP contribution in [-0.4, -0.2) is 18.9 Å². The van der Waals surface area contributed by atoms with Crippen molar-refractivity contribution < 1.29 is 17.9 Å². The molecular weight excluding hydrogens is 205 g/mol. The zero-order valence-corrected chi connectivity index (χ0v) is 9.15. The summed E-state index contributed by atoms with van der Waals surface area (Å²) in [5.41, 5.74) is 0. The van der Waals surface area contributed by atoms with Gasteiger partial charge >= 0.3 is 6.18 Å². The predicted molar refractivity (Wildman–Crippen MR) is 52.7 cm³/mol. The monoisotopic (exact) mass is 224 g/mol. The fourth-order valence-corrected chi connectivity index (χ4v) is 1.95. The lowest BCUT2D eigenvalue weighted by molar-refractivity contribution is -0.187. The van der Waals surface area contributed by atoms with Crippen molar-refractivity contribution in [3.8, 4) is 0 Å². The summed E-state index contributed by atoms with van der Waals surface area (Å²) in [5, 5.41) is 0. The lowest BCUT2D eigenvalue weighted by atomic mass is 9.87. The molecule has 0 atom stereocenters. The standard InChI is InChI=1S/C11H19F3O/c1-2-3-8-15-10-6-4-9(5-7-10)11(12,13)14/h9-10H,2-8H2,1H3. The van der Waals surface area contributed by atoms with Gasteiger partial charge in [-0.1, -0.05) is 13.3 Å². The molecule has 0 aliphatic heterocycles. The van der Waals surface area contributed by atoms with Crippen LogP contribution in [0.15, 0.2) is 0 Å². The van der Waals surface area contributed by atoms with E-state index >= 15 is 0 Å². The van der Waals surface area contributed by atoms with E-state index in [9.17, 15) is 13.2 Å². The molecule has 0 amide bonds. The average Bonchev–Trinajstić information content (AvgIpc) is 2.18. The minimum Gasteiger partial charge on any atom is -0.378 e. The third kappa shape index (κ3) is 4.41. The van der Waals surface area contributed by atoms with Gasteiger partial charge in [0.25, 0.3) is 0 Å². The Bertz CT molecular complexity index is 171. The average molecular weight is 224 g/mol. The minimum atomic E-state index is -4.01. The van der Waals surface area contributed by atoms with Crippen LogP contribution in [0, 0.1) is 5.92 Å². The summed E-state index contributed by atoms with van der Waals surface area (Å²) in [4.78, 5) is 0. The van der Waals surface area contributed by atoms with Gasteiger partial charge in [-0.3, -0.25) is 0 Å². The van der Waals surface area contributed by atoms with Gasteiger partial charge in [0.05, 0.1) is 12.0 Å². The fraction of sp³-hybridized carbons (Fsp3) is 1.00. The van der Waals surface area contributed by atoms with Crippen molar-refractivity contribution in [3.63, 3.8) is 0 Å². The number of halogens is 3. The van der Waals surface area contributed by atoms with Crippen LogP contribution in [0.4, 0.5) is 13.2 Å². The van der Waals surface area contributed by atoms with Crippen LogP contribution in [0.2, 0.25) is 0 Å². The van der Waals surface area contributed by atoms with Gasteiger partial charge in [0.15, 0.2) is 0 Å². The molecule has 4 heteroatoms. The van der Waals surface area contributed by atoms with Gasteiger partial charge < -0.3 is 4.74 Å². The summed E-state index contributed by atoms with van der Waals surface area (Å²) in [6.07, 6.45) is -0.274. The van der Waals surface area contributed by atoms with Crippen LogP contribution in [0.1, 0.15) is 45.4 Å². The Morgan fingerprint density at radius 1 is 1.13 bits per heavy atom. The maximum absolute atomic E-state index is 12.3. The highest BCUT2D eigenvalue weighted by molar-refractivity contribution is 4.77. The fourth-order valence-electron chi connectivity index (χ4n) is 1.95. The highest BCUT2D eigenvalue weighted by Crippen LogP contribution is 2.38. The van der Waals surface area contributed by atoms with Crippen molar-refractivity contribution in [2.24, 2.45) is 5.92 Å². The second-order valence-electron chi connectivity index (χ2n) is 4.24. The van der Waals surface area contributed by atoms with Crippen LogP contribution in [0.3, 0.4) is 0 Å². The van der Waals surface area contributed by atoms with E-state index in [2.05, 4.69) is 6.92 Å². The quantitative estimate of drug-likeness (QED) is 0.657. The predicted octanol–water partition coefficient (Wildman–Crippen LogP) is 3.92. The smallest absolute Gasteiger partial charge is 0.378 e. The molecule has 0 aromatic rings. The third-order valence-electron chi connectivity index (χ3n) is 2.99. The molecule has 1 nitrogen and oxygen atoms in total. The molecule has 90 valence electrons. The Labute approximate surface area is 89.0 Å². The van der Waals surface area contributed by atoms with E-state index < -0.39 is 12.1 Å². The van der Waals surface area contributed by atoms with Crippen molar-refractivity contribution in [2.75, 3.05) is 6.61 Å². The lowest BCUT2D eigenvalue weighted by Crippen LogP contribution is -2.30. The van der Waals surface area contributed by atoms with Crippen molar-refractivity contribution >= 4 is 0 Å². The van der Waals surface area contributed by atoms with E-state index in [1.807, 2.05) is 0 Å². The molecule has 0 bridgehead atoms. The minimum absolute atomic E-state index is 0.0650. The Balaban J connectivity index is 2.18. The molecule has 0 heterocycles. The Kier molecular flexibility index (Phi) is 4.90. The van der Waals surface area contributed by atoms with Gasteiger partial charge in [-0.2, -0.15) is 13.2 Å². The first kappa shape index (κ1) is 12.8. The van der Waals surface area contributed by atoms with E-state index in [4.69, 9.17) is 4.74 Å². The highest BCUT2D eigenvalue weighted by Gasteiger charge is 2.41. The first-order chi connectivity index (χ1) is 7.04. The van der Waals surface area contributed by atoms with Crippen LogP contribution in [0.5, 0.6) is 0 Å². The summed E-state index contributed by atoms with van der Waals surface area (Å²) >= 11 is 0. The second-order valence-corrected chi connectivity index (χ2v) is 4.24. The second kappa shape index (κ2) is 5.73. The first-order valence-corrected chi connectivity index (χ1v) is 5.72. The Hall–Kier alpha value is -0.250. The molecule has 1 aliphatic rings. The number of hydrogen-bond acceptors (Lipinski definition) is 1. The Morgan fingerprint density at radius 3 is 2.20 bits per heavy atom. The molecule has 0 aromatic heterocycles. The van der Waals surface area contributed by atoms with E-state index in [1.165, 1.54) is 0 Å². The molecule has 0 aromatic carbocycles. The summed E-state index contributed by atoms with van der Waals surface area (Å²) in [6, 6.07) is 0. The van der Waals surface area contributed by atoms with E-state index in [0.717, 1.165) is 12.8 Å². The molecule has 0 radical (unpaired) electrons. The van der Waals surface area contributed by atoms with E-state index in [1.54, 1.807) is 0 Å². The molecule has 1 rings (SSSR count). The third-order valence-corrected chi connectivity index (χ3v) is 2.99. The summed E-state index contributed by atoms with van der Waals surface area (Å²) in [5.74, 6) is -1.09.